The summed E-state index contributed by atoms with van der Waals surface area (Å²) in [5.41, 5.74) is -0.206. The molecule has 2 amide bonds. The molecule has 10 nitrogen and oxygen atoms in total. The van der Waals surface area contributed by atoms with Crippen LogP contribution in [0.2, 0.25) is 0 Å². The van der Waals surface area contributed by atoms with Crippen molar-refractivity contribution in [3.8, 4) is 0 Å². The van der Waals surface area contributed by atoms with Crippen LogP contribution in [0.4, 0.5) is 15.3 Å². The van der Waals surface area contributed by atoms with Gasteiger partial charge in [-0.2, -0.15) is 0 Å². The number of rotatable bonds is 7. The SMILES string of the molecule is CCOC(=O)Nc1ccc2c(COC(=O)CCNC(=O)OC(C)(C)C)cc(=O)oc2c1. The summed E-state index contributed by atoms with van der Waals surface area (Å²) in [6.45, 7) is 7.00. The van der Waals surface area contributed by atoms with E-state index >= 15 is 0 Å². The minimum Gasteiger partial charge on any atom is -0.461 e. The minimum atomic E-state index is -0.633. The van der Waals surface area contributed by atoms with Crippen LogP contribution in [0.5, 0.6) is 0 Å². The van der Waals surface area contributed by atoms with Crippen molar-refractivity contribution >= 4 is 34.8 Å². The Labute approximate surface area is 178 Å². The van der Waals surface area contributed by atoms with E-state index in [9.17, 15) is 19.2 Å². The predicted molar refractivity (Wildman–Crippen MR) is 112 cm³/mol. The second-order valence-electron chi connectivity index (χ2n) is 7.49. The zero-order valence-corrected chi connectivity index (χ0v) is 17.9. The average Bonchev–Trinajstić information content (AvgIpc) is 2.64. The number of carbonyl (C=O) groups excluding carboxylic acids is 3. The first-order chi connectivity index (χ1) is 14.6. The molecule has 0 spiro atoms. The Bertz CT molecular complexity index is 1010. The molecule has 0 fully saturated rings. The Hall–Kier alpha value is -3.56. The van der Waals surface area contributed by atoms with Crippen molar-refractivity contribution in [3.05, 3.63) is 40.2 Å². The molecular weight excluding hydrogens is 408 g/mol. The fourth-order valence-electron chi connectivity index (χ4n) is 2.52. The number of hydrogen-bond donors (Lipinski definition) is 2. The number of ether oxygens (including phenoxy) is 3. The summed E-state index contributed by atoms with van der Waals surface area (Å²) < 4.78 is 20.3. The summed E-state index contributed by atoms with van der Waals surface area (Å²) in [5, 5.41) is 5.53. The second kappa shape index (κ2) is 10.5. The van der Waals surface area contributed by atoms with Gasteiger partial charge in [0.2, 0.25) is 0 Å². The van der Waals surface area contributed by atoms with Gasteiger partial charge in [0.15, 0.2) is 0 Å². The molecule has 0 bridgehead atoms. The molecule has 2 aromatic rings. The van der Waals surface area contributed by atoms with Crippen molar-refractivity contribution in [2.45, 2.75) is 46.3 Å². The third-order valence-corrected chi connectivity index (χ3v) is 3.74. The molecule has 2 rings (SSSR count). The molecule has 1 aromatic heterocycles. The van der Waals surface area contributed by atoms with Gasteiger partial charge in [-0.25, -0.2) is 14.4 Å². The van der Waals surface area contributed by atoms with Crippen LogP contribution >= 0.6 is 0 Å². The smallest absolute Gasteiger partial charge is 0.411 e. The maximum Gasteiger partial charge on any atom is 0.411 e. The predicted octanol–water partition coefficient (Wildman–Crippen LogP) is 3.32. The van der Waals surface area contributed by atoms with E-state index in [-0.39, 0.29) is 31.8 Å². The normalized spacial score (nSPS) is 11.0. The van der Waals surface area contributed by atoms with Crippen LogP contribution in [0, 0.1) is 0 Å². The van der Waals surface area contributed by atoms with Gasteiger partial charge in [-0.3, -0.25) is 10.1 Å². The highest BCUT2D eigenvalue weighted by Gasteiger charge is 2.16. The number of esters is 1. The van der Waals surface area contributed by atoms with Gasteiger partial charge in [0.25, 0.3) is 0 Å². The van der Waals surface area contributed by atoms with E-state index in [4.69, 9.17) is 18.6 Å². The molecule has 0 aliphatic rings. The Morgan fingerprint density at radius 2 is 1.81 bits per heavy atom. The van der Waals surface area contributed by atoms with E-state index in [1.807, 2.05) is 0 Å². The molecular formula is C21H26N2O8. The van der Waals surface area contributed by atoms with E-state index in [1.165, 1.54) is 12.1 Å². The van der Waals surface area contributed by atoms with Crippen LogP contribution in [-0.4, -0.2) is 36.9 Å². The molecule has 168 valence electrons. The van der Waals surface area contributed by atoms with Crippen LogP contribution in [0.1, 0.15) is 39.7 Å². The first kappa shape index (κ1) is 23.7. The summed E-state index contributed by atoms with van der Waals surface area (Å²) in [6, 6.07) is 5.94. The number of amides is 2. The molecule has 1 heterocycles. The van der Waals surface area contributed by atoms with Crippen molar-refractivity contribution in [1.82, 2.24) is 5.32 Å². The van der Waals surface area contributed by atoms with E-state index in [0.717, 1.165) is 0 Å². The second-order valence-corrected chi connectivity index (χ2v) is 7.49. The lowest BCUT2D eigenvalue weighted by Gasteiger charge is -2.19. The van der Waals surface area contributed by atoms with Crippen molar-refractivity contribution in [2.24, 2.45) is 0 Å². The Morgan fingerprint density at radius 3 is 2.48 bits per heavy atom. The Kier molecular flexibility index (Phi) is 8.00. The summed E-state index contributed by atoms with van der Waals surface area (Å²) in [4.78, 5) is 46.9. The topological polar surface area (TPSA) is 133 Å². The number of fused-ring (bicyclic) bond motifs is 1. The van der Waals surface area contributed by atoms with Gasteiger partial charge in [-0.05, 0) is 39.8 Å². The molecule has 0 aliphatic heterocycles. The molecule has 2 N–H and O–H groups in total. The highest BCUT2D eigenvalue weighted by molar-refractivity contribution is 5.90. The van der Waals surface area contributed by atoms with Crippen LogP contribution in [0.15, 0.2) is 33.5 Å². The average molecular weight is 434 g/mol. The summed E-state index contributed by atoms with van der Waals surface area (Å²) in [5.74, 6) is -0.557. The number of carbonyl (C=O) groups is 3. The third-order valence-electron chi connectivity index (χ3n) is 3.74. The first-order valence-electron chi connectivity index (χ1n) is 9.70. The van der Waals surface area contributed by atoms with Gasteiger partial charge in [0.05, 0.1) is 13.0 Å². The van der Waals surface area contributed by atoms with Crippen LogP contribution in [0.3, 0.4) is 0 Å². The molecule has 0 aliphatic carbocycles. The monoisotopic (exact) mass is 434 g/mol. The van der Waals surface area contributed by atoms with Gasteiger partial charge in [-0.1, -0.05) is 0 Å². The third kappa shape index (κ3) is 8.00. The summed E-state index contributed by atoms with van der Waals surface area (Å²) >= 11 is 0. The summed E-state index contributed by atoms with van der Waals surface area (Å²) in [7, 11) is 0. The zero-order valence-electron chi connectivity index (χ0n) is 17.9. The molecule has 10 heteroatoms. The quantitative estimate of drug-likeness (QED) is 0.385. The zero-order chi connectivity index (χ0) is 23.0. The van der Waals surface area contributed by atoms with Crippen molar-refractivity contribution < 1.29 is 33.0 Å². The molecule has 1 aromatic carbocycles. The fourth-order valence-corrected chi connectivity index (χ4v) is 2.52. The Morgan fingerprint density at radius 1 is 1.06 bits per heavy atom. The van der Waals surface area contributed by atoms with Crippen LogP contribution < -0.4 is 16.3 Å². The summed E-state index contributed by atoms with van der Waals surface area (Å²) in [6.07, 6.45) is -1.32. The Balaban J connectivity index is 1.96. The van der Waals surface area contributed by atoms with Crippen molar-refractivity contribution in [3.63, 3.8) is 0 Å². The van der Waals surface area contributed by atoms with Gasteiger partial charge < -0.3 is 23.9 Å². The standard InChI is InChI=1S/C21H26N2O8/c1-5-28-20(27)23-14-6-7-15-13(10-18(25)30-16(15)11-14)12-29-17(24)8-9-22-19(26)31-21(2,3)4/h6-7,10-11H,5,8-9,12H2,1-4H3,(H,22,26)(H,23,27). The van der Waals surface area contributed by atoms with Crippen LogP contribution in [0.25, 0.3) is 11.0 Å². The number of alkyl carbamates (subject to hydrolysis) is 1. The van der Waals surface area contributed by atoms with Crippen molar-refractivity contribution in [1.29, 1.82) is 0 Å². The lowest BCUT2D eigenvalue weighted by molar-refractivity contribution is -0.144. The maximum atomic E-state index is 12.0. The molecule has 31 heavy (non-hydrogen) atoms. The lowest BCUT2D eigenvalue weighted by atomic mass is 10.1. The van der Waals surface area contributed by atoms with Crippen molar-refractivity contribution in [2.75, 3.05) is 18.5 Å². The first-order valence-corrected chi connectivity index (χ1v) is 9.70. The number of nitrogens with one attached hydrogen (secondary N) is 2. The van der Waals surface area contributed by atoms with E-state index in [1.54, 1.807) is 39.8 Å². The largest absolute Gasteiger partial charge is 0.461 e. The van der Waals surface area contributed by atoms with Crippen LogP contribution in [-0.2, 0) is 25.6 Å². The number of benzene rings is 1. The van der Waals surface area contributed by atoms with E-state index < -0.39 is 29.4 Å². The molecule has 0 radical (unpaired) electrons. The molecule has 0 unspecified atom stereocenters. The molecule has 0 saturated carbocycles. The van der Waals surface area contributed by atoms with Gasteiger partial charge in [0.1, 0.15) is 17.8 Å². The van der Waals surface area contributed by atoms with Gasteiger partial charge >= 0.3 is 23.8 Å². The molecule has 0 saturated heterocycles. The molecule has 0 atom stereocenters. The van der Waals surface area contributed by atoms with Gasteiger partial charge in [-0.15, -0.1) is 0 Å². The highest BCUT2D eigenvalue weighted by atomic mass is 16.6. The van der Waals surface area contributed by atoms with E-state index in [0.29, 0.717) is 16.6 Å². The lowest BCUT2D eigenvalue weighted by Crippen LogP contribution is -2.33. The van der Waals surface area contributed by atoms with E-state index in [2.05, 4.69) is 10.6 Å². The maximum absolute atomic E-state index is 12.0. The number of anilines is 1. The fraction of sp³-hybridized carbons (Fsp3) is 0.429. The highest BCUT2D eigenvalue weighted by Crippen LogP contribution is 2.22. The number of hydrogen-bond acceptors (Lipinski definition) is 8. The van der Waals surface area contributed by atoms with Gasteiger partial charge in [0, 0.05) is 35.3 Å². The minimum absolute atomic E-state index is 0.0499.